The van der Waals surface area contributed by atoms with Gasteiger partial charge in [-0.3, -0.25) is 5.41 Å². The molecule has 0 saturated heterocycles. The Labute approximate surface area is 136 Å². The Balaban J connectivity index is 1.96. The molecule has 1 aliphatic carbocycles. The van der Waals surface area contributed by atoms with Gasteiger partial charge in [-0.25, -0.2) is 9.97 Å². The molecule has 3 N–H and O–H groups in total. The fraction of sp³-hybridized carbons (Fsp3) is 0.389. The molecule has 2 atom stereocenters. The van der Waals surface area contributed by atoms with E-state index in [1.165, 1.54) is 16.7 Å². The molecule has 3 rings (SSSR count). The summed E-state index contributed by atoms with van der Waals surface area (Å²) in [6.07, 6.45) is 7.84. The van der Waals surface area contributed by atoms with Gasteiger partial charge < -0.3 is 10.5 Å². The maximum Gasteiger partial charge on any atom is 0.279 e. The number of hydrogen-bond acceptors (Lipinski definition) is 4. The minimum atomic E-state index is -0.203. The summed E-state index contributed by atoms with van der Waals surface area (Å²) in [5, 5.41) is 7.46. The van der Waals surface area contributed by atoms with Crippen molar-refractivity contribution in [2.75, 3.05) is 0 Å². The highest BCUT2D eigenvalue weighted by molar-refractivity contribution is 5.69. The SMILES string of the molecule is CC[C@@H](OC(=N)N)[C@@]1(C)Cc2cccc(-c3cncnc3)c2C1. The second kappa shape index (κ2) is 5.99. The highest BCUT2D eigenvalue weighted by Crippen LogP contribution is 2.44. The molecule has 0 bridgehead atoms. The number of ether oxygens (including phenoxy) is 1. The summed E-state index contributed by atoms with van der Waals surface area (Å²) < 4.78 is 5.60. The molecule has 1 aliphatic rings. The molecule has 120 valence electrons. The predicted molar refractivity (Wildman–Crippen MR) is 90.1 cm³/mol. The van der Waals surface area contributed by atoms with Crippen LogP contribution in [0.4, 0.5) is 0 Å². The minimum absolute atomic E-state index is 0.0610. The monoisotopic (exact) mass is 310 g/mol. The molecule has 0 unspecified atom stereocenters. The van der Waals surface area contributed by atoms with Gasteiger partial charge in [0.05, 0.1) is 0 Å². The van der Waals surface area contributed by atoms with Crippen molar-refractivity contribution >= 4 is 6.02 Å². The van der Waals surface area contributed by atoms with Gasteiger partial charge >= 0.3 is 0 Å². The number of amidine groups is 1. The first-order valence-corrected chi connectivity index (χ1v) is 7.90. The van der Waals surface area contributed by atoms with Crippen LogP contribution in [0.15, 0.2) is 36.9 Å². The standard InChI is InChI=1S/C18H22N4O/c1-3-16(23-17(19)20)18(2)7-12-5-4-6-14(15(12)8-18)13-9-21-11-22-10-13/h4-6,9-11,16H,3,7-8H2,1-2H3,(H3,19,20)/t16-,18+/m1/s1. The first kappa shape index (κ1) is 15.5. The van der Waals surface area contributed by atoms with Crippen LogP contribution in [0.1, 0.15) is 31.4 Å². The van der Waals surface area contributed by atoms with E-state index in [9.17, 15) is 0 Å². The largest absolute Gasteiger partial charge is 0.462 e. The van der Waals surface area contributed by atoms with Crippen LogP contribution in [-0.2, 0) is 17.6 Å². The van der Waals surface area contributed by atoms with E-state index >= 15 is 0 Å². The van der Waals surface area contributed by atoms with Gasteiger partial charge in [0.2, 0.25) is 0 Å². The molecule has 0 saturated carbocycles. The molecule has 5 heteroatoms. The second-order valence-electron chi connectivity index (χ2n) is 6.46. The Morgan fingerprint density at radius 1 is 1.35 bits per heavy atom. The third-order valence-electron chi connectivity index (χ3n) is 4.74. The zero-order valence-electron chi connectivity index (χ0n) is 13.5. The van der Waals surface area contributed by atoms with Gasteiger partial charge in [-0.05, 0) is 36.0 Å². The molecule has 0 aliphatic heterocycles. The van der Waals surface area contributed by atoms with E-state index in [4.69, 9.17) is 15.9 Å². The first-order valence-electron chi connectivity index (χ1n) is 7.90. The van der Waals surface area contributed by atoms with E-state index in [1.807, 2.05) is 12.4 Å². The highest BCUT2D eigenvalue weighted by Gasteiger charge is 2.41. The number of aromatic nitrogens is 2. The number of hydrogen-bond donors (Lipinski definition) is 2. The fourth-order valence-corrected chi connectivity index (χ4v) is 3.72. The average Bonchev–Trinajstić information content (AvgIpc) is 2.90. The van der Waals surface area contributed by atoms with E-state index in [-0.39, 0.29) is 17.5 Å². The third-order valence-corrected chi connectivity index (χ3v) is 4.74. The lowest BCUT2D eigenvalue weighted by Gasteiger charge is -2.33. The van der Waals surface area contributed by atoms with E-state index < -0.39 is 0 Å². The van der Waals surface area contributed by atoms with Gasteiger partial charge in [0.15, 0.2) is 0 Å². The molecule has 0 amide bonds. The van der Waals surface area contributed by atoms with E-state index in [0.717, 1.165) is 24.8 Å². The molecule has 0 fully saturated rings. The Bertz CT molecular complexity index is 716. The molecule has 1 heterocycles. The van der Waals surface area contributed by atoms with Crippen LogP contribution in [0, 0.1) is 10.8 Å². The van der Waals surface area contributed by atoms with Crippen molar-refractivity contribution < 1.29 is 4.74 Å². The first-order chi connectivity index (χ1) is 11.0. The van der Waals surface area contributed by atoms with Crippen LogP contribution >= 0.6 is 0 Å². The summed E-state index contributed by atoms with van der Waals surface area (Å²) in [6, 6.07) is 6.18. The summed E-state index contributed by atoms with van der Waals surface area (Å²) >= 11 is 0. The topological polar surface area (TPSA) is 84.9 Å². The molecule has 1 aromatic heterocycles. The Morgan fingerprint density at radius 3 is 2.74 bits per heavy atom. The van der Waals surface area contributed by atoms with Crippen LogP contribution in [0.25, 0.3) is 11.1 Å². The zero-order chi connectivity index (χ0) is 16.4. The van der Waals surface area contributed by atoms with E-state index in [0.29, 0.717) is 0 Å². The lowest BCUT2D eigenvalue weighted by Crippen LogP contribution is -2.38. The molecule has 5 nitrogen and oxygen atoms in total. The van der Waals surface area contributed by atoms with E-state index in [2.05, 4.69) is 42.0 Å². The Morgan fingerprint density at radius 2 is 2.09 bits per heavy atom. The smallest absolute Gasteiger partial charge is 0.279 e. The van der Waals surface area contributed by atoms with Gasteiger partial charge in [0.25, 0.3) is 6.02 Å². The van der Waals surface area contributed by atoms with Gasteiger partial charge in [-0.2, -0.15) is 0 Å². The molecule has 2 aromatic rings. The fourth-order valence-electron chi connectivity index (χ4n) is 3.72. The van der Waals surface area contributed by atoms with Crippen LogP contribution in [-0.4, -0.2) is 22.1 Å². The van der Waals surface area contributed by atoms with Crippen LogP contribution in [0.2, 0.25) is 0 Å². The molecular weight excluding hydrogens is 288 g/mol. The highest BCUT2D eigenvalue weighted by atomic mass is 16.5. The summed E-state index contributed by atoms with van der Waals surface area (Å²) in [7, 11) is 0. The van der Waals surface area contributed by atoms with Crippen molar-refractivity contribution in [3.8, 4) is 11.1 Å². The number of nitrogens with zero attached hydrogens (tertiary/aromatic N) is 2. The number of nitrogens with two attached hydrogens (primary N) is 1. The number of benzene rings is 1. The third kappa shape index (κ3) is 2.91. The quantitative estimate of drug-likeness (QED) is 0.671. The summed E-state index contributed by atoms with van der Waals surface area (Å²) in [5.41, 5.74) is 10.3. The molecular formula is C18H22N4O. The lowest BCUT2D eigenvalue weighted by atomic mass is 9.79. The number of fused-ring (bicyclic) bond motifs is 1. The predicted octanol–water partition coefficient (Wildman–Crippen LogP) is 2.94. The summed E-state index contributed by atoms with van der Waals surface area (Å²) in [4.78, 5) is 8.27. The van der Waals surface area contributed by atoms with Crippen LogP contribution in [0.3, 0.4) is 0 Å². The maximum atomic E-state index is 7.46. The van der Waals surface area contributed by atoms with Gasteiger partial charge in [0.1, 0.15) is 12.4 Å². The molecule has 1 aromatic carbocycles. The number of rotatable bonds is 4. The average molecular weight is 310 g/mol. The normalized spacial score (nSPS) is 20.8. The van der Waals surface area contributed by atoms with Crippen molar-refractivity contribution in [2.24, 2.45) is 11.1 Å². The number of nitrogens with one attached hydrogen (secondary N) is 1. The van der Waals surface area contributed by atoms with Crippen molar-refractivity contribution in [3.05, 3.63) is 48.0 Å². The van der Waals surface area contributed by atoms with Gasteiger partial charge in [-0.15, -0.1) is 0 Å². The van der Waals surface area contributed by atoms with Crippen LogP contribution < -0.4 is 5.73 Å². The maximum absolute atomic E-state index is 7.46. The van der Waals surface area contributed by atoms with Crippen molar-refractivity contribution in [1.29, 1.82) is 5.41 Å². The minimum Gasteiger partial charge on any atom is -0.462 e. The Hall–Kier alpha value is -2.43. The Kier molecular flexibility index (Phi) is 4.03. The van der Waals surface area contributed by atoms with E-state index in [1.54, 1.807) is 6.33 Å². The summed E-state index contributed by atoms with van der Waals surface area (Å²) in [5.74, 6) is 0. The van der Waals surface area contributed by atoms with Crippen molar-refractivity contribution in [2.45, 2.75) is 39.2 Å². The van der Waals surface area contributed by atoms with Crippen LogP contribution in [0.5, 0.6) is 0 Å². The molecule has 0 radical (unpaired) electrons. The lowest BCUT2D eigenvalue weighted by molar-refractivity contribution is 0.0505. The summed E-state index contributed by atoms with van der Waals surface area (Å²) in [6.45, 7) is 4.29. The van der Waals surface area contributed by atoms with Crippen molar-refractivity contribution in [1.82, 2.24) is 9.97 Å². The van der Waals surface area contributed by atoms with Crippen molar-refractivity contribution in [3.63, 3.8) is 0 Å². The molecule has 23 heavy (non-hydrogen) atoms. The van der Waals surface area contributed by atoms with Gasteiger partial charge in [0, 0.05) is 23.4 Å². The second-order valence-corrected chi connectivity index (χ2v) is 6.46. The zero-order valence-corrected chi connectivity index (χ0v) is 13.5. The molecule has 0 spiro atoms. The van der Waals surface area contributed by atoms with Gasteiger partial charge in [-0.1, -0.05) is 32.0 Å².